The summed E-state index contributed by atoms with van der Waals surface area (Å²) in [6.07, 6.45) is 0. The number of thioether (sulfide) groups is 1. The molecule has 2 aromatic carbocycles. The molecule has 0 aliphatic heterocycles. The van der Waals surface area contributed by atoms with Gasteiger partial charge in [0, 0.05) is 28.4 Å². The second kappa shape index (κ2) is 9.41. The number of nitrogens with zero attached hydrogens (tertiary/aromatic N) is 3. The van der Waals surface area contributed by atoms with Crippen molar-refractivity contribution in [3.05, 3.63) is 69.8 Å². The fourth-order valence-corrected chi connectivity index (χ4v) is 3.65. The quantitative estimate of drug-likeness (QED) is 0.513. The van der Waals surface area contributed by atoms with Crippen LogP contribution in [0.5, 0.6) is 0 Å². The molecule has 1 amide bonds. The van der Waals surface area contributed by atoms with Gasteiger partial charge in [0.15, 0.2) is 0 Å². The third-order valence-electron chi connectivity index (χ3n) is 3.85. The molecular weight excluding hydrogens is 424 g/mol. The van der Waals surface area contributed by atoms with E-state index in [0.717, 1.165) is 5.56 Å². The van der Waals surface area contributed by atoms with Gasteiger partial charge in [-0.2, -0.15) is 4.98 Å². The molecular formula is C19H16Cl2FN3O2S. The zero-order chi connectivity index (χ0) is 20.1. The van der Waals surface area contributed by atoms with E-state index in [2.05, 4.69) is 10.1 Å². The van der Waals surface area contributed by atoms with E-state index >= 15 is 0 Å². The summed E-state index contributed by atoms with van der Waals surface area (Å²) in [6, 6.07) is 11.6. The largest absolute Gasteiger partial charge is 0.337 e. The number of rotatable bonds is 7. The SMILES string of the molecule is CN(Cc1nc(-c2cccc(Cl)c2)no1)C(=O)CSCc1ccc(Cl)cc1F. The molecule has 0 radical (unpaired) electrons. The van der Waals surface area contributed by atoms with E-state index in [9.17, 15) is 9.18 Å². The van der Waals surface area contributed by atoms with E-state index in [1.165, 1.54) is 22.7 Å². The number of benzene rings is 2. The summed E-state index contributed by atoms with van der Waals surface area (Å²) in [4.78, 5) is 18.1. The van der Waals surface area contributed by atoms with E-state index in [4.69, 9.17) is 27.7 Å². The van der Waals surface area contributed by atoms with E-state index in [0.29, 0.717) is 33.1 Å². The van der Waals surface area contributed by atoms with Crippen LogP contribution in [0.4, 0.5) is 4.39 Å². The average Bonchev–Trinajstić information content (AvgIpc) is 3.12. The van der Waals surface area contributed by atoms with Crippen LogP contribution in [0.1, 0.15) is 11.5 Å². The number of amides is 1. The topological polar surface area (TPSA) is 59.2 Å². The Morgan fingerprint density at radius 1 is 1.21 bits per heavy atom. The van der Waals surface area contributed by atoms with Crippen molar-refractivity contribution in [3.8, 4) is 11.4 Å². The molecule has 9 heteroatoms. The molecule has 3 rings (SSSR count). The molecule has 0 unspecified atom stereocenters. The van der Waals surface area contributed by atoms with Gasteiger partial charge in [0.25, 0.3) is 0 Å². The Morgan fingerprint density at radius 3 is 2.75 bits per heavy atom. The highest BCUT2D eigenvalue weighted by Gasteiger charge is 2.15. The van der Waals surface area contributed by atoms with Crippen molar-refractivity contribution in [1.82, 2.24) is 15.0 Å². The first-order valence-corrected chi connectivity index (χ1v) is 10.2. The van der Waals surface area contributed by atoms with Crippen LogP contribution >= 0.6 is 35.0 Å². The molecule has 0 atom stereocenters. The normalized spacial score (nSPS) is 10.9. The second-order valence-corrected chi connectivity index (χ2v) is 7.86. The lowest BCUT2D eigenvalue weighted by Gasteiger charge is -2.14. The van der Waals surface area contributed by atoms with Gasteiger partial charge >= 0.3 is 0 Å². The molecule has 28 heavy (non-hydrogen) atoms. The van der Waals surface area contributed by atoms with Crippen LogP contribution < -0.4 is 0 Å². The molecule has 0 saturated heterocycles. The van der Waals surface area contributed by atoms with Gasteiger partial charge in [0.1, 0.15) is 5.82 Å². The van der Waals surface area contributed by atoms with E-state index in [1.807, 2.05) is 6.07 Å². The summed E-state index contributed by atoms with van der Waals surface area (Å²) in [5, 5.41) is 4.84. The number of carbonyl (C=O) groups excluding carboxylic acids is 1. The Kier molecular flexibility index (Phi) is 6.93. The van der Waals surface area contributed by atoms with E-state index in [-0.39, 0.29) is 24.0 Å². The third kappa shape index (κ3) is 5.47. The van der Waals surface area contributed by atoms with Gasteiger partial charge in [-0.05, 0) is 29.8 Å². The maximum absolute atomic E-state index is 13.8. The van der Waals surface area contributed by atoms with Gasteiger partial charge in [-0.3, -0.25) is 4.79 Å². The number of halogens is 3. The summed E-state index contributed by atoms with van der Waals surface area (Å²) < 4.78 is 19.0. The minimum absolute atomic E-state index is 0.123. The van der Waals surface area contributed by atoms with Crippen LogP contribution in [0, 0.1) is 5.82 Å². The number of carbonyl (C=O) groups is 1. The van der Waals surface area contributed by atoms with Crippen LogP contribution in [0.2, 0.25) is 10.0 Å². The summed E-state index contributed by atoms with van der Waals surface area (Å²) in [6.45, 7) is 0.183. The van der Waals surface area contributed by atoms with Crippen molar-refractivity contribution < 1.29 is 13.7 Å². The Morgan fingerprint density at radius 2 is 2.00 bits per heavy atom. The van der Waals surface area contributed by atoms with Crippen molar-refractivity contribution >= 4 is 40.9 Å². The van der Waals surface area contributed by atoms with Gasteiger partial charge in [-0.25, -0.2) is 4.39 Å². The molecule has 0 bridgehead atoms. The van der Waals surface area contributed by atoms with Crippen molar-refractivity contribution in [2.24, 2.45) is 0 Å². The maximum atomic E-state index is 13.8. The zero-order valence-corrected chi connectivity index (χ0v) is 17.2. The molecule has 1 aromatic heterocycles. The van der Waals surface area contributed by atoms with Crippen LogP contribution in [0.15, 0.2) is 47.0 Å². The van der Waals surface area contributed by atoms with Gasteiger partial charge in [0.05, 0.1) is 12.3 Å². The maximum Gasteiger partial charge on any atom is 0.246 e. The molecule has 0 N–H and O–H groups in total. The number of hydrogen-bond donors (Lipinski definition) is 0. The molecule has 3 aromatic rings. The Hall–Kier alpha value is -2.09. The molecule has 0 aliphatic rings. The van der Waals surface area contributed by atoms with Crippen molar-refractivity contribution in [1.29, 1.82) is 0 Å². The monoisotopic (exact) mass is 439 g/mol. The van der Waals surface area contributed by atoms with Crippen LogP contribution in [0.25, 0.3) is 11.4 Å². The Labute approximate surface area is 175 Å². The van der Waals surface area contributed by atoms with Gasteiger partial charge in [-0.1, -0.05) is 46.6 Å². The summed E-state index contributed by atoms with van der Waals surface area (Å²) in [5.74, 6) is 0.809. The minimum atomic E-state index is -0.375. The molecule has 0 saturated carbocycles. The summed E-state index contributed by atoms with van der Waals surface area (Å²) in [5.41, 5.74) is 1.24. The highest BCUT2D eigenvalue weighted by molar-refractivity contribution is 7.99. The number of aromatic nitrogens is 2. The predicted molar refractivity (Wildman–Crippen MR) is 109 cm³/mol. The van der Waals surface area contributed by atoms with Crippen molar-refractivity contribution in [2.75, 3.05) is 12.8 Å². The smallest absolute Gasteiger partial charge is 0.246 e. The van der Waals surface area contributed by atoms with Crippen molar-refractivity contribution in [3.63, 3.8) is 0 Å². The van der Waals surface area contributed by atoms with E-state index < -0.39 is 0 Å². The van der Waals surface area contributed by atoms with E-state index in [1.54, 1.807) is 37.4 Å². The average molecular weight is 440 g/mol. The first-order valence-electron chi connectivity index (χ1n) is 8.26. The standard InChI is InChI=1S/C19H16Cl2FN3O2S/c1-25(18(26)11-28-10-13-5-6-15(21)8-16(13)22)9-17-23-19(24-27-17)12-3-2-4-14(20)7-12/h2-8H,9-11H2,1H3. The fourth-order valence-electron chi connectivity index (χ4n) is 2.35. The van der Waals surface area contributed by atoms with Crippen LogP contribution in [0.3, 0.4) is 0 Å². The first-order chi connectivity index (χ1) is 13.4. The van der Waals surface area contributed by atoms with Crippen LogP contribution in [-0.2, 0) is 17.1 Å². The first kappa shape index (κ1) is 20.6. The van der Waals surface area contributed by atoms with Gasteiger partial charge in [0.2, 0.25) is 17.6 Å². The highest BCUT2D eigenvalue weighted by atomic mass is 35.5. The molecule has 0 aliphatic carbocycles. The lowest BCUT2D eigenvalue weighted by atomic mass is 10.2. The summed E-state index contributed by atoms with van der Waals surface area (Å²) in [7, 11) is 1.65. The highest BCUT2D eigenvalue weighted by Crippen LogP contribution is 2.21. The lowest BCUT2D eigenvalue weighted by molar-refractivity contribution is -0.127. The molecule has 1 heterocycles. The van der Waals surface area contributed by atoms with Gasteiger partial charge < -0.3 is 9.42 Å². The van der Waals surface area contributed by atoms with Crippen LogP contribution in [-0.4, -0.2) is 33.7 Å². The number of hydrogen-bond acceptors (Lipinski definition) is 5. The van der Waals surface area contributed by atoms with Gasteiger partial charge in [-0.15, -0.1) is 11.8 Å². The molecule has 0 spiro atoms. The molecule has 0 fully saturated rings. The third-order valence-corrected chi connectivity index (χ3v) is 5.28. The molecule has 5 nitrogen and oxygen atoms in total. The Bertz CT molecular complexity index is 983. The summed E-state index contributed by atoms with van der Waals surface area (Å²) >= 11 is 13.0. The minimum Gasteiger partial charge on any atom is -0.337 e. The molecule has 146 valence electrons. The van der Waals surface area contributed by atoms with Crippen molar-refractivity contribution in [2.45, 2.75) is 12.3 Å². The fraction of sp³-hybridized carbons (Fsp3) is 0.211. The zero-order valence-electron chi connectivity index (χ0n) is 14.9. The lowest BCUT2D eigenvalue weighted by Crippen LogP contribution is -2.28. The predicted octanol–water partition coefficient (Wildman–Crippen LogP) is 5.07. The second-order valence-electron chi connectivity index (χ2n) is 6.00. The Balaban J connectivity index is 1.51.